The van der Waals surface area contributed by atoms with Crippen molar-refractivity contribution in [1.82, 2.24) is 19.7 Å². The lowest BCUT2D eigenvalue weighted by Gasteiger charge is -2.02. The molecule has 0 bridgehead atoms. The maximum atomic E-state index is 11.7. The smallest absolute Gasteiger partial charge is 0.328 e. The van der Waals surface area contributed by atoms with Gasteiger partial charge in [0.2, 0.25) is 11.7 Å². The van der Waals surface area contributed by atoms with E-state index in [1.807, 2.05) is 0 Å². The van der Waals surface area contributed by atoms with Crippen LogP contribution in [0.15, 0.2) is 20.3 Å². The van der Waals surface area contributed by atoms with E-state index < -0.39 is 11.2 Å². The van der Waals surface area contributed by atoms with Gasteiger partial charge in [0.25, 0.3) is 5.56 Å². The molecule has 0 saturated heterocycles. The van der Waals surface area contributed by atoms with Crippen molar-refractivity contribution in [3.05, 3.63) is 32.9 Å². The number of nitrogens with two attached hydrogens (primary N) is 1. The van der Waals surface area contributed by atoms with Crippen LogP contribution in [0, 0.1) is 0 Å². The zero-order valence-electron chi connectivity index (χ0n) is 9.42. The van der Waals surface area contributed by atoms with Crippen molar-refractivity contribution in [3.8, 4) is 11.4 Å². The van der Waals surface area contributed by atoms with Crippen molar-refractivity contribution >= 4 is 0 Å². The number of rotatable bonds is 3. The summed E-state index contributed by atoms with van der Waals surface area (Å²) < 4.78 is 6.34. The fraction of sp³-hybridized carbons (Fsp3) is 0.400. The van der Waals surface area contributed by atoms with Gasteiger partial charge in [-0.05, 0) is 12.8 Å². The van der Waals surface area contributed by atoms with Gasteiger partial charge in [0.05, 0.1) is 6.54 Å². The highest BCUT2D eigenvalue weighted by atomic mass is 16.5. The summed E-state index contributed by atoms with van der Waals surface area (Å²) in [7, 11) is 0. The van der Waals surface area contributed by atoms with E-state index >= 15 is 0 Å². The first kappa shape index (κ1) is 10.9. The van der Waals surface area contributed by atoms with E-state index in [0.717, 1.165) is 12.8 Å². The summed E-state index contributed by atoms with van der Waals surface area (Å²) >= 11 is 0. The van der Waals surface area contributed by atoms with Crippen LogP contribution < -0.4 is 17.0 Å². The topological polar surface area (TPSA) is 120 Å². The molecule has 2 heterocycles. The van der Waals surface area contributed by atoms with Crippen LogP contribution in [0.25, 0.3) is 11.4 Å². The Balaban J connectivity index is 2.13. The molecule has 94 valence electrons. The van der Waals surface area contributed by atoms with Gasteiger partial charge in [-0.15, -0.1) is 0 Å². The monoisotopic (exact) mass is 249 g/mol. The first-order valence-electron chi connectivity index (χ1n) is 5.57. The Morgan fingerprint density at radius 2 is 2.28 bits per heavy atom. The van der Waals surface area contributed by atoms with E-state index in [1.54, 1.807) is 0 Å². The molecule has 2 aromatic heterocycles. The van der Waals surface area contributed by atoms with Crippen molar-refractivity contribution in [2.24, 2.45) is 5.73 Å². The van der Waals surface area contributed by atoms with Crippen LogP contribution in [0.5, 0.6) is 0 Å². The Morgan fingerprint density at radius 3 is 2.89 bits per heavy atom. The number of aromatic amines is 1. The molecule has 0 aliphatic heterocycles. The van der Waals surface area contributed by atoms with Crippen LogP contribution in [0.4, 0.5) is 0 Å². The predicted molar refractivity (Wildman–Crippen MR) is 60.8 cm³/mol. The quantitative estimate of drug-likeness (QED) is 0.748. The van der Waals surface area contributed by atoms with E-state index in [9.17, 15) is 9.59 Å². The maximum Gasteiger partial charge on any atom is 0.328 e. The van der Waals surface area contributed by atoms with Gasteiger partial charge in [0.15, 0.2) is 0 Å². The molecule has 0 aromatic carbocycles. The number of nitrogens with one attached hydrogen (secondary N) is 1. The second kappa shape index (κ2) is 3.91. The molecule has 1 aliphatic rings. The van der Waals surface area contributed by atoms with Gasteiger partial charge in [0.1, 0.15) is 5.56 Å². The average Bonchev–Trinajstić information content (AvgIpc) is 3.07. The second-order valence-electron chi connectivity index (χ2n) is 4.16. The zero-order chi connectivity index (χ0) is 12.7. The molecule has 0 unspecified atom stereocenters. The molecule has 3 rings (SSSR count). The van der Waals surface area contributed by atoms with E-state index in [2.05, 4.69) is 15.1 Å². The summed E-state index contributed by atoms with van der Waals surface area (Å²) in [5.41, 5.74) is 4.63. The Bertz CT molecular complexity index is 694. The van der Waals surface area contributed by atoms with E-state index in [0.29, 0.717) is 0 Å². The van der Waals surface area contributed by atoms with Crippen molar-refractivity contribution in [2.75, 3.05) is 0 Å². The van der Waals surface area contributed by atoms with Crippen LogP contribution in [0.1, 0.15) is 24.8 Å². The number of hydrogen-bond donors (Lipinski definition) is 2. The van der Waals surface area contributed by atoms with E-state index in [4.69, 9.17) is 10.3 Å². The lowest BCUT2D eigenvalue weighted by atomic mass is 10.3. The molecule has 1 fully saturated rings. The molecule has 0 radical (unpaired) electrons. The molecule has 1 aliphatic carbocycles. The largest absolute Gasteiger partial charge is 0.338 e. The van der Waals surface area contributed by atoms with Crippen LogP contribution >= 0.6 is 0 Å². The van der Waals surface area contributed by atoms with Crippen molar-refractivity contribution in [3.63, 3.8) is 0 Å². The second-order valence-corrected chi connectivity index (χ2v) is 4.16. The third kappa shape index (κ3) is 1.76. The summed E-state index contributed by atoms with van der Waals surface area (Å²) in [6.07, 6.45) is 3.35. The van der Waals surface area contributed by atoms with Crippen LogP contribution in [0.2, 0.25) is 0 Å². The fourth-order valence-corrected chi connectivity index (χ4v) is 1.72. The first-order valence-corrected chi connectivity index (χ1v) is 5.57. The molecule has 0 amide bonds. The zero-order valence-corrected chi connectivity index (χ0v) is 9.42. The molecule has 2 aromatic rings. The highest BCUT2D eigenvalue weighted by molar-refractivity contribution is 5.50. The molecular formula is C10H11N5O3. The van der Waals surface area contributed by atoms with Crippen LogP contribution in [0.3, 0.4) is 0 Å². The van der Waals surface area contributed by atoms with Gasteiger partial charge in [-0.2, -0.15) is 4.98 Å². The minimum absolute atomic E-state index is 0.104. The number of nitrogens with zero attached hydrogens (tertiary/aromatic N) is 3. The van der Waals surface area contributed by atoms with Gasteiger partial charge in [0, 0.05) is 12.2 Å². The molecule has 8 heteroatoms. The SMILES string of the molecule is NCc1nc(-c2cn(C3CC3)c(=O)[nH]c2=O)no1. The highest BCUT2D eigenvalue weighted by Gasteiger charge is 2.26. The summed E-state index contributed by atoms with van der Waals surface area (Å²) in [5, 5.41) is 3.67. The molecule has 1 saturated carbocycles. The van der Waals surface area contributed by atoms with Gasteiger partial charge < -0.3 is 10.3 Å². The molecular weight excluding hydrogens is 238 g/mol. The lowest BCUT2D eigenvalue weighted by Crippen LogP contribution is -2.30. The van der Waals surface area contributed by atoms with Crippen LogP contribution in [-0.4, -0.2) is 19.7 Å². The Labute approximate surface area is 100 Å². The van der Waals surface area contributed by atoms with Crippen molar-refractivity contribution in [1.29, 1.82) is 0 Å². The lowest BCUT2D eigenvalue weighted by molar-refractivity contribution is 0.380. The van der Waals surface area contributed by atoms with Gasteiger partial charge in [-0.3, -0.25) is 14.3 Å². The molecule has 0 atom stereocenters. The normalized spacial score (nSPS) is 14.9. The average molecular weight is 249 g/mol. The van der Waals surface area contributed by atoms with Crippen molar-refractivity contribution < 1.29 is 4.52 Å². The maximum absolute atomic E-state index is 11.7. The highest BCUT2D eigenvalue weighted by Crippen LogP contribution is 2.33. The Hall–Kier alpha value is -2.22. The third-order valence-electron chi connectivity index (χ3n) is 2.79. The predicted octanol–water partition coefficient (Wildman–Crippen LogP) is -0.620. The van der Waals surface area contributed by atoms with E-state index in [1.165, 1.54) is 10.8 Å². The number of aromatic nitrogens is 4. The molecule has 0 spiro atoms. The van der Waals surface area contributed by atoms with Gasteiger partial charge in [-0.25, -0.2) is 4.79 Å². The third-order valence-corrected chi connectivity index (χ3v) is 2.79. The number of H-pyrrole nitrogens is 1. The first-order chi connectivity index (χ1) is 8.69. The number of hydrogen-bond acceptors (Lipinski definition) is 6. The standard InChI is InChI=1S/C10H11N5O3/c11-3-7-12-8(14-18-7)6-4-15(5-1-2-5)10(17)13-9(6)16/h4-5H,1-3,11H2,(H,13,16,17). The minimum Gasteiger partial charge on any atom is -0.338 e. The van der Waals surface area contributed by atoms with E-state index in [-0.39, 0.29) is 29.9 Å². The minimum atomic E-state index is -0.527. The summed E-state index contributed by atoms with van der Waals surface area (Å²) in [5.74, 6) is 0.389. The van der Waals surface area contributed by atoms with Gasteiger partial charge >= 0.3 is 5.69 Å². The fourth-order valence-electron chi connectivity index (χ4n) is 1.72. The summed E-state index contributed by atoms with van der Waals surface area (Å²) in [4.78, 5) is 29.5. The van der Waals surface area contributed by atoms with Crippen LogP contribution in [-0.2, 0) is 6.54 Å². The van der Waals surface area contributed by atoms with Gasteiger partial charge in [-0.1, -0.05) is 5.16 Å². The molecule has 3 N–H and O–H groups in total. The Morgan fingerprint density at radius 1 is 1.50 bits per heavy atom. The molecule has 8 nitrogen and oxygen atoms in total. The Kier molecular flexibility index (Phi) is 2.37. The summed E-state index contributed by atoms with van der Waals surface area (Å²) in [6, 6.07) is 0.161. The van der Waals surface area contributed by atoms with Crippen molar-refractivity contribution in [2.45, 2.75) is 25.4 Å². The summed E-state index contributed by atoms with van der Waals surface area (Å²) in [6.45, 7) is 0.104. The molecule has 18 heavy (non-hydrogen) atoms.